The molecule has 0 aliphatic carbocycles. The average molecular weight is 944 g/mol. The number of rotatable bonds is 3. The van der Waals surface area contributed by atoms with Crippen molar-refractivity contribution in [3.63, 3.8) is 0 Å². The third kappa shape index (κ3) is 11.8. The van der Waals surface area contributed by atoms with E-state index in [2.05, 4.69) is 24.9 Å². The van der Waals surface area contributed by atoms with Gasteiger partial charge in [-0.1, -0.05) is 106 Å². The average Bonchev–Trinajstić information content (AvgIpc) is 3.27. The SMILES string of the molecule is C.C.Clc1nc(Cl)nc(Cl)n1.Oc1ccc(-c2nc(-c3ccc(O)c4ccccc34)nc(-c3ccc(O)c4ccccc34)n2)c(O)c1.Oc1cccc(O)c1.Oc1cccc2ccccc12. The fourth-order valence-corrected chi connectivity index (χ4v) is 7.02. The second-order valence-corrected chi connectivity index (χ2v) is 14.5. The molecule has 334 valence electrons. The van der Waals surface area contributed by atoms with Gasteiger partial charge in [-0.25, -0.2) is 15.0 Å². The topological polar surface area (TPSA) is 219 Å². The van der Waals surface area contributed by atoms with Gasteiger partial charge in [0.2, 0.25) is 15.9 Å². The highest BCUT2D eigenvalue weighted by atomic mass is 35.5. The Bertz CT molecular complexity index is 3110. The molecule has 2 aromatic heterocycles. The number of aromatic nitrogens is 6. The monoisotopic (exact) mass is 942 g/mol. The van der Waals surface area contributed by atoms with Crippen LogP contribution in [0, 0.1) is 0 Å². The Morgan fingerprint density at radius 1 is 0.288 bits per heavy atom. The van der Waals surface area contributed by atoms with Crippen LogP contribution in [0.2, 0.25) is 15.9 Å². The molecule has 0 amide bonds. The van der Waals surface area contributed by atoms with Crippen molar-refractivity contribution < 1.29 is 35.7 Å². The van der Waals surface area contributed by atoms with Crippen LogP contribution < -0.4 is 0 Å². The highest BCUT2D eigenvalue weighted by molar-refractivity contribution is 6.33. The van der Waals surface area contributed by atoms with E-state index in [1.54, 1.807) is 36.4 Å². The molecule has 8 aromatic carbocycles. The lowest BCUT2D eigenvalue weighted by atomic mass is 10.0. The van der Waals surface area contributed by atoms with Crippen molar-refractivity contribution in [3.8, 4) is 74.4 Å². The molecular weight excluding hydrogens is 903 g/mol. The molecule has 2 heterocycles. The molecule has 0 aliphatic heterocycles. The summed E-state index contributed by atoms with van der Waals surface area (Å²) in [6.07, 6.45) is 0. The Morgan fingerprint density at radius 2 is 0.652 bits per heavy atom. The molecule has 0 saturated carbocycles. The van der Waals surface area contributed by atoms with Crippen LogP contribution in [-0.2, 0) is 0 Å². The van der Waals surface area contributed by atoms with Gasteiger partial charge in [0.05, 0.1) is 5.56 Å². The van der Waals surface area contributed by atoms with Gasteiger partial charge in [-0.05, 0) is 106 Å². The van der Waals surface area contributed by atoms with Crippen molar-refractivity contribution in [2.75, 3.05) is 0 Å². The van der Waals surface area contributed by atoms with E-state index in [9.17, 15) is 25.5 Å². The molecule has 16 heteroatoms. The number of hydrogen-bond donors (Lipinski definition) is 7. The number of phenolic OH excluding ortho intramolecular Hbond substituents is 7. The summed E-state index contributed by atoms with van der Waals surface area (Å²) < 4.78 is 0. The van der Waals surface area contributed by atoms with Crippen molar-refractivity contribution in [1.82, 2.24) is 29.9 Å². The van der Waals surface area contributed by atoms with E-state index in [1.807, 2.05) is 84.9 Å². The minimum atomic E-state index is -0.177. The van der Waals surface area contributed by atoms with E-state index in [0.717, 1.165) is 21.5 Å². The van der Waals surface area contributed by atoms with E-state index in [4.69, 9.17) is 50.0 Å². The Balaban J connectivity index is 0.000000219. The normalized spacial score (nSPS) is 10.2. The lowest BCUT2D eigenvalue weighted by Gasteiger charge is -2.13. The molecule has 0 unspecified atom stereocenters. The van der Waals surface area contributed by atoms with E-state index in [1.165, 1.54) is 36.4 Å². The van der Waals surface area contributed by atoms with Crippen molar-refractivity contribution in [2.24, 2.45) is 0 Å². The summed E-state index contributed by atoms with van der Waals surface area (Å²) in [7, 11) is 0. The number of nitrogens with zero attached hydrogens (tertiary/aromatic N) is 6. The number of halogens is 3. The first-order valence-electron chi connectivity index (χ1n) is 18.9. The molecule has 66 heavy (non-hydrogen) atoms. The van der Waals surface area contributed by atoms with E-state index in [0.29, 0.717) is 44.9 Å². The molecular formula is C50H41Cl3N6O7. The zero-order valence-corrected chi connectivity index (χ0v) is 35.2. The number of phenols is 7. The van der Waals surface area contributed by atoms with Gasteiger partial charge in [0, 0.05) is 39.4 Å². The van der Waals surface area contributed by atoms with Crippen LogP contribution in [0.15, 0.2) is 158 Å². The van der Waals surface area contributed by atoms with Crippen molar-refractivity contribution >= 4 is 67.1 Å². The van der Waals surface area contributed by atoms with E-state index < -0.39 is 0 Å². The third-order valence-corrected chi connectivity index (χ3v) is 9.80. The number of benzene rings is 8. The van der Waals surface area contributed by atoms with Crippen molar-refractivity contribution in [1.29, 1.82) is 0 Å². The maximum Gasteiger partial charge on any atom is 0.227 e. The summed E-state index contributed by atoms with van der Waals surface area (Å²) >= 11 is 16.0. The third-order valence-electron chi connectivity index (χ3n) is 9.29. The zero-order valence-electron chi connectivity index (χ0n) is 33.0. The molecule has 0 atom stereocenters. The van der Waals surface area contributed by atoms with Crippen LogP contribution >= 0.6 is 34.8 Å². The van der Waals surface area contributed by atoms with Crippen LogP contribution in [0.5, 0.6) is 40.2 Å². The Morgan fingerprint density at radius 3 is 1.09 bits per heavy atom. The maximum atomic E-state index is 10.6. The van der Waals surface area contributed by atoms with Gasteiger partial charge < -0.3 is 35.7 Å². The lowest BCUT2D eigenvalue weighted by Crippen LogP contribution is -2.01. The maximum absolute atomic E-state index is 10.6. The van der Waals surface area contributed by atoms with Crippen molar-refractivity contribution in [3.05, 3.63) is 174 Å². The molecule has 0 radical (unpaired) electrons. The fourth-order valence-electron chi connectivity index (χ4n) is 6.41. The Labute approximate surface area is 393 Å². The van der Waals surface area contributed by atoms with E-state index in [-0.39, 0.29) is 71.0 Å². The summed E-state index contributed by atoms with van der Waals surface area (Å²) in [5.74, 6) is 1.45. The number of hydrogen-bond acceptors (Lipinski definition) is 13. The van der Waals surface area contributed by atoms with Gasteiger partial charge in [-0.2, -0.15) is 15.0 Å². The molecule has 13 nitrogen and oxygen atoms in total. The summed E-state index contributed by atoms with van der Waals surface area (Å²) in [5, 5.41) is 72.6. The highest BCUT2D eigenvalue weighted by Gasteiger charge is 2.19. The number of fused-ring (bicyclic) bond motifs is 3. The number of aromatic hydroxyl groups is 7. The van der Waals surface area contributed by atoms with Crippen LogP contribution in [0.4, 0.5) is 0 Å². The van der Waals surface area contributed by atoms with Gasteiger partial charge in [-0.3, -0.25) is 0 Å². The van der Waals surface area contributed by atoms with Gasteiger partial charge in [0.15, 0.2) is 17.5 Å². The molecule has 0 bridgehead atoms. The molecule has 0 saturated heterocycles. The molecule has 0 spiro atoms. The quantitative estimate of drug-likeness (QED) is 0.0878. The largest absolute Gasteiger partial charge is 0.508 e. The second kappa shape index (κ2) is 22.1. The Hall–Kier alpha value is -7.97. The first-order chi connectivity index (χ1) is 30.8. The van der Waals surface area contributed by atoms with Gasteiger partial charge in [0.25, 0.3) is 0 Å². The van der Waals surface area contributed by atoms with Crippen LogP contribution in [-0.4, -0.2) is 65.6 Å². The van der Waals surface area contributed by atoms with Crippen molar-refractivity contribution in [2.45, 2.75) is 14.9 Å². The van der Waals surface area contributed by atoms with Crippen LogP contribution in [0.1, 0.15) is 14.9 Å². The fraction of sp³-hybridized carbons (Fsp3) is 0.0400. The molecule has 0 fully saturated rings. The predicted molar refractivity (Wildman–Crippen MR) is 262 cm³/mol. The summed E-state index contributed by atoms with van der Waals surface area (Å²) in [6.45, 7) is 0. The minimum Gasteiger partial charge on any atom is -0.508 e. The van der Waals surface area contributed by atoms with E-state index >= 15 is 0 Å². The minimum absolute atomic E-state index is 0. The predicted octanol–water partition coefficient (Wildman–Crippen LogP) is 12.7. The molecule has 10 rings (SSSR count). The standard InChI is InChI=1S/C29H19N3O4.C10H8O.C6H6O2.C3Cl3N3.2CH4/c33-16-9-10-23(26(36)15-16)29-31-27(21-11-13-24(34)19-7-3-1-5-17(19)21)30-28(32-29)22-12-14-25(35)20-8-4-2-6-18(20)22;11-10-7-3-5-8-4-1-2-6-9(8)10;7-5-2-1-3-6(8)4-5;4-1-7-2(5)9-3(6)8-1;;/h1-15,33-36H;1-7,11H;1-4,7-8H;;2*1H4. The highest BCUT2D eigenvalue weighted by Crippen LogP contribution is 2.38. The van der Waals surface area contributed by atoms with Crippen LogP contribution in [0.3, 0.4) is 0 Å². The first kappa shape index (κ1) is 49.1. The molecule has 0 aliphatic rings. The first-order valence-corrected chi connectivity index (χ1v) is 20.1. The second-order valence-electron chi connectivity index (χ2n) is 13.5. The molecule has 10 aromatic rings. The lowest BCUT2D eigenvalue weighted by molar-refractivity contribution is 0.450. The van der Waals surface area contributed by atoms with Gasteiger partial charge in [0.1, 0.15) is 40.2 Å². The zero-order chi connectivity index (χ0) is 45.3. The summed E-state index contributed by atoms with van der Waals surface area (Å²) in [4.78, 5) is 24.5. The molecule has 7 N–H and O–H groups in total. The van der Waals surface area contributed by atoms with Crippen LogP contribution in [0.25, 0.3) is 66.5 Å². The van der Waals surface area contributed by atoms with Gasteiger partial charge >= 0.3 is 0 Å². The summed E-state index contributed by atoms with van der Waals surface area (Å²) in [6, 6.07) is 44.8. The summed E-state index contributed by atoms with van der Waals surface area (Å²) in [5.41, 5.74) is 1.67. The van der Waals surface area contributed by atoms with Gasteiger partial charge in [-0.15, -0.1) is 0 Å². The smallest absolute Gasteiger partial charge is 0.227 e. The Kier molecular flexibility index (Phi) is 16.4.